The molecule has 0 bridgehead atoms. The topological polar surface area (TPSA) is 46.3 Å². The predicted molar refractivity (Wildman–Crippen MR) is 89.3 cm³/mol. The first kappa shape index (κ1) is 15.8. The number of amides is 1. The molecular formula is C19H24N2O2. The van der Waals surface area contributed by atoms with Gasteiger partial charge in [0, 0.05) is 18.7 Å². The van der Waals surface area contributed by atoms with Gasteiger partial charge in [-0.2, -0.15) is 0 Å². The average Bonchev–Trinajstić information content (AvgIpc) is 3.09. The summed E-state index contributed by atoms with van der Waals surface area (Å²) in [4.78, 5) is 14.6. The summed E-state index contributed by atoms with van der Waals surface area (Å²) in [6.45, 7) is 2.97. The van der Waals surface area contributed by atoms with Gasteiger partial charge in [0.2, 0.25) is 5.76 Å². The van der Waals surface area contributed by atoms with Crippen LogP contribution >= 0.6 is 0 Å². The Morgan fingerprint density at radius 1 is 1.26 bits per heavy atom. The van der Waals surface area contributed by atoms with Crippen LogP contribution in [0.25, 0.3) is 0 Å². The lowest BCUT2D eigenvalue weighted by molar-refractivity contribution is 0.0566. The molecule has 0 N–H and O–H groups in total. The number of carbonyl (C=O) groups is 1. The minimum Gasteiger partial charge on any atom is -0.351 e. The summed E-state index contributed by atoms with van der Waals surface area (Å²) in [7, 11) is 0. The summed E-state index contributed by atoms with van der Waals surface area (Å²) in [6, 6.07) is 12.4. The molecule has 1 aromatic carbocycles. The van der Waals surface area contributed by atoms with Gasteiger partial charge in [-0.1, -0.05) is 42.4 Å². The van der Waals surface area contributed by atoms with Crippen molar-refractivity contribution in [2.45, 2.75) is 51.5 Å². The van der Waals surface area contributed by atoms with Gasteiger partial charge in [-0.3, -0.25) is 4.79 Å². The quantitative estimate of drug-likeness (QED) is 0.842. The number of piperidine rings is 1. The molecule has 1 saturated heterocycles. The first-order valence-electron chi connectivity index (χ1n) is 8.58. The molecule has 1 unspecified atom stereocenters. The van der Waals surface area contributed by atoms with Crippen molar-refractivity contribution in [3.63, 3.8) is 0 Å². The molecule has 23 heavy (non-hydrogen) atoms. The Kier molecular flexibility index (Phi) is 5.11. The lowest BCUT2D eigenvalue weighted by Crippen LogP contribution is -2.43. The standard InChI is InChI=1S/C19H24N2O2/c1-2-17-10-6-7-13-21(17)19(22)18-14-16(20-23-18)12-11-15-8-4-3-5-9-15/h3-5,8-9,14,17H,2,6-7,10-13H2,1H3. The van der Waals surface area contributed by atoms with E-state index in [0.29, 0.717) is 11.8 Å². The molecular weight excluding hydrogens is 288 g/mol. The van der Waals surface area contributed by atoms with Crippen LogP contribution < -0.4 is 0 Å². The Morgan fingerprint density at radius 3 is 2.87 bits per heavy atom. The van der Waals surface area contributed by atoms with Crippen LogP contribution in [0.15, 0.2) is 40.9 Å². The van der Waals surface area contributed by atoms with E-state index in [4.69, 9.17) is 4.52 Å². The average molecular weight is 312 g/mol. The van der Waals surface area contributed by atoms with E-state index in [9.17, 15) is 4.79 Å². The van der Waals surface area contributed by atoms with E-state index < -0.39 is 0 Å². The van der Waals surface area contributed by atoms with Crippen LogP contribution in [0, 0.1) is 0 Å². The van der Waals surface area contributed by atoms with Gasteiger partial charge in [-0.05, 0) is 44.1 Å². The monoisotopic (exact) mass is 312 g/mol. The lowest BCUT2D eigenvalue weighted by Gasteiger charge is -2.34. The van der Waals surface area contributed by atoms with Crippen molar-refractivity contribution in [3.05, 3.63) is 53.4 Å². The number of likely N-dealkylation sites (tertiary alicyclic amines) is 1. The van der Waals surface area contributed by atoms with E-state index in [0.717, 1.165) is 44.3 Å². The van der Waals surface area contributed by atoms with Gasteiger partial charge in [0.15, 0.2) is 0 Å². The van der Waals surface area contributed by atoms with Crippen molar-refractivity contribution < 1.29 is 9.32 Å². The van der Waals surface area contributed by atoms with Crippen molar-refractivity contribution >= 4 is 5.91 Å². The molecule has 0 spiro atoms. The van der Waals surface area contributed by atoms with Crippen molar-refractivity contribution in [2.24, 2.45) is 0 Å². The Hall–Kier alpha value is -2.10. The second kappa shape index (κ2) is 7.44. The number of aryl methyl sites for hydroxylation is 2. The highest BCUT2D eigenvalue weighted by atomic mass is 16.5. The van der Waals surface area contributed by atoms with Crippen LogP contribution in [0.2, 0.25) is 0 Å². The van der Waals surface area contributed by atoms with Crippen LogP contribution in [0.4, 0.5) is 0 Å². The van der Waals surface area contributed by atoms with E-state index in [1.54, 1.807) is 0 Å². The highest BCUT2D eigenvalue weighted by Gasteiger charge is 2.28. The first-order chi connectivity index (χ1) is 11.3. The number of carbonyl (C=O) groups excluding carboxylic acids is 1. The molecule has 4 heteroatoms. The van der Waals surface area contributed by atoms with Gasteiger partial charge in [0.05, 0.1) is 5.69 Å². The lowest BCUT2D eigenvalue weighted by atomic mass is 9.99. The maximum Gasteiger partial charge on any atom is 0.292 e. The largest absolute Gasteiger partial charge is 0.351 e. The molecule has 1 atom stereocenters. The Labute approximate surface area is 137 Å². The summed E-state index contributed by atoms with van der Waals surface area (Å²) in [5, 5.41) is 4.08. The van der Waals surface area contributed by atoms with Crippen LogP contribution in [0.1, 0.15) is 54.4 Å². The third-order valence-electron chi connectivity index (χ3n) is 4.64. The van der Waals surface area contributed by atoms with E-state index >= 15 is 0 Å². The second-order valence-corrected chi connectivity index (χ2v) is 6.22. The zero-order chi connectivity index (χ0) is 16.1. The number of hydrogen-bond acceptors (Lipinski definition) is 3. The van der Waals surface area contributed by atoms with E-state index in [1.807, 2.05) is 29.2 Å². The molecule has 1 aliphatic rings. The minimum atomic E-state index is -0.00462. The number of benzene rings is 1. The number of aromatic nitrogens is 1. The molecule has 3 rings (SSSR count). The van der Waals surface area contributed by atoms with Gasteiger partial charge >= 0.3 is 0 Å². The summed E-state index contributed by atoms with van der Waals surface area (Å²) in [6.07, 6.45) is 6.08. The number of rotatable bonds is 5. The molecule has 0 radical (unpaired) electrons. The van der Waals surface area contributed by atoms with Crippen molar-refractivity contribution in [2.75, 3.05) is 6.54 Å². The van der Waals surface area contributed by atoms with Crippen molar-refractivity contribution in [1.29, 1.82) is 0 Å². The van der Waals surface area contributed by atoms with Gasteiger partial charge in [0.25, 0.3) is 5.91 Å². The highest BCUT2D eigenvalue weighted by Crippen LogP contribution is 2.22. The highest BCUT2D eigenvalue weighted by molar-refractivity contribution is 5.91. The molecule has 2 aromatic rings. The fraction of sp³-hybridized carbons (Fsp3) is 0.474. The molecule has 0 aliphatic carbocycles. The minimum absolute atomic E-state index is 0.00462. The molecule has 2 heterocycles. The number of hydrogen-bond donors (Lipinski definition) is 0. The third-order valence-corrected chi connectivity index (χ3v) is 4.64. The molecule has 1 fully saturated rings. The van der Waals surface area contributed by atoms with Crippen LogP contribution in [0.5, 0.6) is 0 Å². The zero-order valence-electron chi connectivity index (χ0n) is 13.7. The zero-order valence-corrected chi connectivity index (χ0v) is 13.7. The SMILES string of the molecule is CCC1CCCCN1C(=O)c1cc(CCc2ccccc2)no1. The van der Waals surface area contributed by atoms with Crippen LogP contribution in [-0.2, 0) is 12.8 Å². The second-order valence-electron chi connectivity index (χ2n) is 6.22. The van der Waals surface area contributed by atoms with E-state index in [2.05, 4.69) is 24.2 Å². The molecule has 1 aliphatic heterocycles. The first-order valence-corrected chi connectivity index (χ1v) is 8.58. The molecule has 122 valence electrons. The van der Waals surface area contributed by atoms with E-state index in [1.165, 1.54) is 12.0 Å². The maximum absolute atomic E-state index is 12.6. The molecule has 1 aromatic heterocycles. The van der Waals surface area contributed by atoms with Gasteiger partial charge in [-0.15, -0.1) is 0 Å². The maximum atomic E-state index is 12.6. The summed E-state index contributed by atoms with van der Waals surface area (Å²) in [5.41, 5.74) is 2.12. The Balaban J connectivity index is 1.63. The van der Waals surface area contributed by atoms with Gasteiger partial charge in [0.1, 0.15) is 0 Å². The third kappa shape index (κ3) is 3.81. The number of nitrogens with zero attached hydrogens (tertiary/aromatic N) is 2. The van der Waals surface area contributed by atoms with Gasteiger partial charge < -0.3 is 9.42 Å². The summed E-state index contributed by atoms with van der Waals surface area (Å²) in [5.74, 6) is 0.378. The Morgan fingerprint density at radius 2 is 2.09 bits per heavy atom. The molecule has 0 saturated carbocycles. The van der Waals surface area contributed by atoms with Gasteiger partial charge in [-0.25, -0.2) is 0 Å². The van der Waals surface area contributed by atoms with E-state index in [-0.39, 0.29) is 5.91 Å². The smallest absolute Gasteiger partial charge is 0.292 e. The fourth-order valence-electron chi connectivity index (χ4n) is 3.28. The van der Waals surface area contributed by atoms with Crippen molar-refractivity contribution in [3.8, 4) is 0 Å². The normalized spacial score (nSPS) is 18.1. The van der Waals surface area contributed by atoms with Crippen LogP contribution in [0.3, 0.4) is 0 Å². The van der Waals surface area contributed by atoms with Crippen molar-refractivity contribution in [1.82, 2.24) is 10.1 Å². The Bertz CT molecular complexity index is 636. The summed E-state index contributed by atoms with van der Waals surface area (Å²) < 4.78 is 5.32. The fourth-order valence-corrected chi connectivity index (χ4v) is 3.28. The summed E-state index contributed by atoms with van der Waals surface area (Å²) >= 11 is 0. The molecule has 1 amide bonds. The van der Waals surface area contributed by atoms with Crippen LogP contribution in [-0.4, -0.2) is 28.6 Å². The molecule has 4 nitrogen and oxygen atoms in total. The predicted octanol–water partition coefficient (Wildman–Crippen LogP) is 3.86.